The molecule has 0 saturated heterocycles. The van der Waals surface area contributed by atoms with Gasteiger partial charge in [0.15, 0.2) is 0 Å². The van der Waals surface area contributed by atoms with Crippen molar-refractivity contribution in [3.8, 4) is 5.75 Å². The van der Waals surface area contributed by atoms with Crippen LogP contribution in [0.3, 0.4) is 0 Å². The Hall–Kier alpha value is -1.31. The van der Waals surface area contributed by atoms with Crippen LogP contribution in [0.1, 0.15) is 27.7 Å². The van der Waals surface area contributed by atoms with E-state index < -0.39 is 10.0 Å². The normalized spacial score (nSPS) is 12.4. The predicted octanol–water partition coefficient (Wildman–Crippen LogP) is 1.41. The maximum Gasteiger partial charge on any atom is 0.240 e. The maximum atomic E-state index is 11.4. The number of hydrogen-bond acceptors (Lipinski definition) is 5. The number of anilines is 1. The van der Waals surface area contributed by atoms with Crippen LogP contribution in [0, 0.1) is 0 Å². The Kier molecular flexibility index (Phi) is 6.00. The quantitative estimate of drug-likeness (QED) is 0.741. The lowest BCUT2D eigenvalue weighted by molar-refractivity contribution is 0.142. The lowest BCUT2D eigenvalue weighted by atomic mass is 10.2. The molecule has 6 nitrogen and oxygen atoms in total. The number of nitrogen functional groups attached to an aromatic ring is 1. The minimum Gasteiger partial charge on any atom is -0.490 e. The summed E-state index contributed by atoms with van der Waals surface area (Å²) in [7, 11) is -3.84. The summed E-state index contributed by atoms with van der Waals surface area (Å²) in [5.41, 5.74) is 5.86. The smallest absolute Gasteiger partial charge is 0.240 e. The highest BCUT2D eigenvalue weighted by Gasteiger charge is 2.17. The van der Waals surface area contributed by atoms with Crippen LogP contribution in [0.15, 0.2) is 23.1 Å². The van der Waals surface area contributed by atoms with Crippen LogP contribution in [-0.2, 0) is 10.0 Å². The number of hydrogen-bond donors (Lipinski definition) is 2. The molecule has 1 rings (SSSR count). The first-order valence-corrected chi connectivity index (χ1v) is 8.49. The van der Waals surface area contributed by atoms with Crippen molar-refractivity contribution in [2.24, 2.45) is 5.14 Å². The molecular weight excluding hydrogens is 290 g/mol. The van der Waals surface area contributed by atoms with E-state index in [4.69, 9.17) is 15.6 Å². The summed E-state index contributed by atoms with van der Waals surface area (Å²) in [6, 6.07) is 5.38. The van der Waals surface area contributed by atoms with Crippen molar-refractivity contribution >= 4 is 15.7 Å². The second-order valence-corrected chi connectivity index (χ2v) is 7.02. The molecule has 0 heterocycles. The zero-order valence-electron chi connectivity index (χ0n) is 13.0. The molecular formula is C14H25N3O3S. The number of primary sulfonamides is 1. The maximum absolute atomic E-state index is 11.4. The highest BCUT2D eigenvalue weighted by molar-refractivity contribution is 7.89. The zero-order valence-corrected chi connectivity index (χ0v) is 13.9. The standard InChI is InChI=1S/C14H25N3O3S/c1-10(2)17(11(3)4)8-9-20-12-6-5-7-13(14(12)15)21(16,18)19/h5-7,10-11H,8-9,15H2,1-4H3,(H2,16,18,19). The molecule has 0 aliphatic carbocycles. The van der Waals surface area contributed by atoms with Crippen molar-refractivity contribution in [2.45, 2.75) is 44.7 Å². The first-order chi connectivity index (χ1) is 9.64. The van der Waals surface area contributed by atoms with E-state index in [1.165, 1.54) is 6.07 Å². The molecule has 4 N–H and O–H groups in total. The van der Waals surface area contributed by atoms with Gasteiger partial charge in [-0.05, 0) is 39.8 Å². The average Bonchev–Trinajstić information content (AvgIpc) is 2.33. The third-order valence-electron chi connectivity index (χ3n) is 3.27. The van der Waals surface area contributed by atoms with Gasteiger partial charge in [-0.2, -0.15) is 0 Å². The van der Waals surface area contributed by atoms with Crippen molar-refractivity contribution < 1.29 is 13.2 Å². The summed E-state index contributed by atoms with van der Waals surface area (Å²) in [6.45, 7) is 9.64. The summed E-state index contributed by atoms with van der Waals surface area (Å²) in [5.74, 6) is 0.342. The van der Waals surface area contributed by atoms with E-state index in [9.17, 15) is 8.42 Å². The van der Waals surface area contributed by atoms with Crippen LogP contribution in [0.25, 0.3) is 0 Å². The van der Waals surface area contributed by atoms with Gasteiger partial charge in [0.05, 0.1) is 5.69 Å². The summed E-state index contributed by atoms with van der Waals surface area (Å²) < 4.78 is 28.4. The Balaban J connectivity index is 2.77. The number of benzene rings is 1. The molecule has 120 valence electrons. The molecule has 1 aromatic rings. The first-order valence-electron chi connectivity index (χ1n) is 6.94. The number of ether oxygens (including phenoxy) is 1. The third-order valence-corrected chi connectivity index (χ3v) is 4.24. The van der Waals surface area contributed by atoms with Gasteiger partial charge < -0.3 is 10.5 Å². The van der Waals surface area contributed by atoms with Gasteiger partial charge in [-0.1, -0.05) is 6.07 Å². The molecule has 0 saturated carbocycles. The summed E-state index contributed by atoms with van der Waals surface area (Å²) in [4.78, 5) is 2.17. The van der Waals surface area contributed by atoms with E-state index in [0.29, 0.717) is 24.4 Å². The summed E-state index contributed by atoms with van der Waals surface area (Å²) in [5, 5.41) is 5.11. The SMILES string of the molecule is CC(C)N(CCOc1cccc(S(N)(=O)=O)c1N)C(C)C. The Morgan fingerprint density at radius 1 is 1.19 bits per heavy atom. The summed E-state index contributed by atoms with van der Waals surface area (Å²) in [6.07, 6.45) is 0. The van der Waals surface area contributed by atoms with Gasteiger partial charge in [0.1, 0.15) is 17.3 Å². The highest BCUT2D eigenvalue weighted by atomic mass is 32.2. The first kappa shape index (κ1) is 17.7. The van der Waals surface area contributed by atoms with Crippen LogP contribution in [0.5, 0.6) is 5.75 Å². The van der Waals surface area contributed by atoms with Crippen LogP contribution in [-0.4, -0.2) is 38.6 Å². The monoisotopic (exact) mass is 315 g/mol. The van der Waals surface area contributed by atoms with Gasteiger partial charge >= 0.3 is 0 Å². The largest absolute Gasteiger partial charge is 0.490 e. The molecule has 0 amide bonds. The Labute approximate surface area is 127 Å². The average molecular weight is 315 g/mol. The number of para-hydroxylation sites is 1. The lowest BCUT2D eigenvalue weighted by Gasteiger charge is -2.30. The number of rotatable bonds is 7. The van der Waals surface area contributed by atoms with E-state index in [2.05, 4.69) is 32.6 Å². The number of sulfonamides is 1. The van der Waals surface area contributed by atoms with Gasteiger partial charge in [0, 0.05) is 18.6 Å². The highest BCUT2D eigenvalue weighted by Crippen LogP contribution is 2.27. The van der Waals surface area contributed by atoms with E-state index in [-0.39, 0.29) is 10.6 Å². The van der Waals surface area contributed by atoms with Crippen LogP contribution < -0.4 is 15.6 Å². The fourth-order valence-corrected chi connectivity index (χ4v) is 2.95. The van der Waals surface area contributed by atoms with Gasteiger partial charge in [-0.15, -0.1) is 0 Å². The van der Waals surface area contributed by atoms with Crippen LogP contribution in [0.2, 0.25) is 0 Å². The number of nitrogens with two attached hydrogens (primary N) is 2. The van der Waals surface area contributed by atoms with E-state index in [0.717, 1.165) is 6.54 Å². The molecule has 0 unspecified atom stereocenters. The predicted molar refractivity (Wildman–Crippen MR) is 84.7 cm³/mol. The van der Waals surface area contributed by atoms with Crippen molar-refractivity contribution in [3.63, 3.8) is 0 Å². The molecule has 1 aromatic carbocycles. The molecule has 0 bridgehead atoms. The molecule has 0 aromatic heterocycles. The Bertz CT molecular complexity index is 563. The number of nitrogens with zero attached hydrogens (tertiary/aromatic N) is 1. The van der Waals surface area contributed by atoms with Crippen molar-refractivity contribution in [1.29, 1.82) is 0 Å². The minimum absolute atomic E-state index is 0.0562. The Morgan fingerprint density at radius 3 is 2.24 bits per heavy atom. The molecule has 0 radical (unpaired) electrons. The molecule has 21 heavy (non-hydrogen) atoms. The zero-order chi connectivity index (χ0) is 16.2. The topological polar surface area (TPSA) is 98.6 Å². The second kappa shape index (κ2) is 7.11. The third kappa shape index (κ3) is 4.87. The molecule has 0 aliphatic heterocycles. The summed E-state index contributed by atoms with van der Waals surface area (Å²) >= 11 is 0. The molecule has 0 fully saturated rings. The fraction of sp³-hybridized carbons (Fsp3) is 0.571. The molecule has 0 atom stereocenters. The van der Waals surface area contributed by atoms with Crippen LogP contribution in [0.4, 0.5) is 5.69 Å². The van der Waals surface area contributed by atoms with Crippen molar-refractivity contribution in [2.75, 3.05) is 18.9 Å². The van der Waals surface area contributed by atoms with Gasteiger partial charge in [0.25, 0.3) is 0 Å². The van der Waals surface area contributed by atoms with Gasteiger partial charge in [-0.25, -0.2) is 13.6 Å². The van der Waals surface area contributed by atoms with E-state index in [1.54, 1.807) is 12.1 Å². The van der Waals surface area contributed by atoms with Gasteiger partial charge in [-0.3, -0.25) is 4.90 Å². The Morgan fingerprint density at radius 2 is 1.76 bits per heavy atom. The molecule has 0 aliphatic rings. The van der Waals surface area contributed by atoms with Crippen LogP contribution >= 0.6 is 0 Å². The molecule has 7 heteroatoms. The van der Waals surface area contributed by atoms with E-state index >= 15 is 0 Å². The molecule has 0 spiro atoms. The minimum atomic E-state index is -3.84. The second-order valence-electron chi connectivity index (χ2n) is 5.49. The van der Waals surface area contributed by atoms with Gasteiger partial charge in [0.2, 0.25) is 10.0 Å². The van der Waals surface area contributed by atoms with Crippen molar-refractivity contribution in [1.82, 2.24) is 4.90 Å². The lowest BCUT2D eigenvalue weighted by Crippen LogP contribution is -2.39. The van der Waals surface area contributed by atoms with E-state index in [1.807, 2.05) is 0 Å². The van der Waals surface area contributed by atoms with Crippen molar-refractivity contribution in [3.05, 3.63) is 18.2 Å². The fourth-order valence-electron chi connectivity index (χ4n) is 2.27.